The smallest absolute Gasteiger partial charge is 0.348 e. The van der Waals surface area contributed by atoms with Gasteiger partial charge in [0.05, 0.1) is 12.0 Å². The van der Waals surface area contributed by atoms with Crippen molar-refractivity contribution in [3.63, 3.8) is 0 Å². The van der Waals surface area contributed by atoms with Crippen molar-refractivity contribution in [2.24, 2.45) is 11.7 Å². The van der Waals surface area contributed by atoms with Gasteiger partial charge in [-0.1, -0.05) is 0 Å². The highest BCUT2D eigenvalue weighted by molar-refractivity contribution is 7.20. The molecule has 0 bridgehead atoms. The Morgan fingerprint density at radius 2 is 2.12 bits per heavy atom. The van der Waals surface area contributed by atoms with E-state index in [1.165, 1.54) is 11.3 Å². The van der Waals surface area contributed by atoms with E-state index in [0.29, 0.717) is 23.7 Å². The first kappa shape index (κ1) is 18.6. The molecule has 0 aromatic carbocycles. The maximum absolute atomic E-state index is 12.3. The van der Waals surface area contributed by atoms with Crippen LogP contribution < -0.4 is 10.6 Å². The molecule has 1 atom stereocenters. The Morgan fingerprint density at radius 3 is 2.81 bits per heavy atom. The highest BCUT2D eigenvalue weighted by atomic mass is 32.1. The number of fused-ring (bicyclic) bond motifs is 1. The van der Waals surface area contributed by atoms with E-state index in [1.54, 1.807) is 6.92 Å². The Bertz CT molecular complexity index is 849. The predicted octanol–water partition coefficient (Wildman–Crippen LogP) is 2.58. The van der Waals surface area contributed by atoms with Gasteiger partial charge in [-0.05, 0) is 45.1 Å². The Balaban J connectivity index is 2.02. The number of amides is 1. The lowest BCUT2D eigenvalue weighted by Gasteiger charge is -2.33. The lowest BCUT2D eigenvalue weighted by atomic mass is 9.94. The minimum Gasteiger partial charge on any atom is -0.462 e. The summed E-state index contributed by atoms with van der Waals surface area (Å²) in [6.45, 7) is 7.50. The third-order valence-corrected chi connectivity index (χ3v) is 5.82. The maximum atomic E-state index is 12.3. The van der Waals surface area contributed by atoms with Gasteiger partial charge < -0.3 is 15.4 Å². The van der Waals surface area contributed by atoms with Gasteiger partial charge in [0, 0.05) is 19.5 Å². The lowest BCUT2D eigenvalue weighted by molar-refractivity contribution is -0.118. The van der Waals surface area contributed by atoms with Gasteiger partial charge in [0.1, 0.15) is 21.3 Å². The Kier molecular flexibility index (Phi) is 5.41. The fourth-order valence-corrected chi connectivity index (χ4v) is 4.67. The monoisotopic (exact) mass is 376 g/mol. The van der Waals surface area contributed by atoms with Crippen molar-refractivity contribution >= 4 is 39.2 Å². The summed E-state index contributed by atoms with van der Waals surface area (Å²) in [6.07, 6.45) is 2.36. The van der Waals surface area contributed by atoms with Gasteiger partial charge >= 0.3 is 5.97 Å². The zero-order chi connectivity index (χ0) is 18.8. The molecule has 1 saturated heterocycles. The number of anilines is 1. The van der Waals surface area contributed by atoms with Crippen LogP contribution in [0, 0.1) is 19.8 Å². The van der Waals surface area contributed by atoms with Crippen molar-refractivity contribution in [1.82, 2.24) is 9.97 Å². The van der Waals surface area contributed by atoms with Crippen LogP contribution in [0.3, 0.4) is 0 Å². The summed E-state index contributed by atoms with van der Waals surface area (Å²) >= 11 is 1.35. The Hall–Kier alpha value is -2.22. The third kappa shape index (κ3) is 3.65. The third-order valence-electron chi connectivity index (χ3n) is 4.65. The van der Waals surface area contributed by atoms with Crippen molar-refractivity contribution in [3.8, 4) is 0 Å². The summed E-state index contributed by atoms with van der Waals surface area (Å²) in [5.41, 5.74) is 6.24. The van der Waals surface area contributed by atoms with Gasteiger partial charge in [-0.2, -0.15) is 0 Å². The molecule has 0 saturated carbocycles. The van der Waals surface area contributed by atoms with Crippen molar-refractivity contribution in [1.29, 1.82) is 0 Å². The van der Waals surface area contributed by atoms with Crippen LogP contribution in [0.15, 0.2) is 0 Å². The van der Waals surface area contributed by atoms with Crippen LogP contribution in [0.2, 0.25) is 0 Å². The van der Waals surface area contributed by atoms with Crippen molar-refractivity contribution in [2.75, 3.05) is 24.6 Å². The molecule has 1 unspecified atom stereocenters. The maximum Gasteiger partial charge on any atom is 0.348 e. The molecule has 2 aromatic heterocycles. The standard InChI is InChI=1S/C18H24N4O3S/c1-4-25-18(24)15-10(2)14-16(20-11(3)21-17(14)26-15)22-7-5-6-12(9-22)8-13(19)23/h12H,4-9H2,1-3H3,(H2,19,23). The summed E-state index contributed by atoms with van der Waals surface area (Å²) < 4.78 is 5.17. The second kappa shape index (κ2) is 7.57. The Labute approximate surface area is 156 Å². The predicted molar refractivity (Wildman–Crippen MR) is 102 cm³/mol. The van der Waals surface area contributed by atoms with Crippen molar-refractivity contribution in [3.05, 3.63) is 16.3 Å². The van der Waals surface area contributed by atoms with Crippen LogP contribution in [-0.4, -0.2) is 41.5 Å². The second-order valence-electron chi connectivity index (χ2n) is 6.68. The average molecular weight is 376 g/mol. The number of esters is 1. The molecule has 2 N–H and O–H groups in total. The van der Waals surface area contributed by atoms with Crippen LogP contribution in [0.25, 0.3) is 10.2 Å². The average Bonchev–Trinajstić information content (AvgIpc) is 2.90. The first-order valence-corrected chi connectivity index (χ1v) is 9.70. The zero-order valence-corrected chi connectivity index (χ0v) is 16.2. The Morgan fingerprint density at radius 1 is 1.35 bits per heavy atom. The summed E-state index contributed by atoms with van der Waals surface area (Å²) in [7, 11) is 0. The van der Waals surface area contributed by atoms with E-state index >= 15 is 0 Å². The molecule has 1 aliphatic rings. The number of primary amides is 1. The van der Waals surface area contributed by atoms with Crippen LogP contribution in [0.1, 0.15) is 47.2 Å². The molecule has 1 amide bonds. The zero-order valence-electron chi connectivity index (χ0n) is 15.4. The molecule has 0 aliphatic carbocycles. The van der Waals surface area contributed by atoms with Crippen molar-refractivity contribution < 1.29 is 14.3 Å². The number of piperidine rings is 1. The molecule has 7 nitrogen and oxygen atoms in total. The molecular formula is C18H24N4O3S. The molecule has 1 fully saturated rings. The summed E-state index contributed by atoms with van der Waals surface area (Å²) in [5, 5.41) is 0.906. The van der Waals surface area contributed by atoms with Crippen LogP contribution in [0.5, 0.6) is 0 Å². The molecule has 1 aliphatic heterocycles. The highest BCUT2D eigenvalue weighted by Crippen LogP contribution is 2.37. The van der Waals surface area contributed by atoms with Gasteiger partial charge in [0.25, 0.3) is 0 Å². The second-order valence-corrected chi connectivity index (χ2v) is 7.68. The molecule has 3 rings (SSSR count). The molecule has 0 spiro atoms. The minimum atomic E-state index is -0.318. The van der Waals surface area contributed by atoms with Gasteiger partial charge in [0.15, 0.2) is 0 Å². The number of carbonyl (C=O) groups is 2. The van der Waals surface area contributed by atoms with E-state index in [0.717, 1.165) is 47.5 Å². The molecule has 8 heteroatoms. The number of hydrogen-bond acceptors (Lipinski definition) is 7. The SMILES string of the molecule is CCOC(=O)c1sc2nc(C)nc(N3CCCC(CC(N)=O)C3)c2c1C. The van der Waals surface area contributed by atoms with E-state index in [1.807, 2.05) is 13.8 Å². The number of rotatable bonds is 5. The largest absolute Gasteiger partial charge is 0.462 e. The van der Waals surface area contributed by atoms with Crippen LogP contribution in [-0.2, 0) is 9.53 Å². The first-order chi connectivity index (χ1) is 12.4. The summed E-state index contributed by atoms with van der Waals surface area (Å²) in [6, 6.07) is 0. The van der Waals surface area contributed by atoms with E-state index in [-0.39, 0.29) is 17.8 Å². The van der Waals surface area contributed by atoms with Gasteiger partial charge in [0.2, 0.25) is 5.91 Å². The molecule has 3 heterocycles. The van der Waals surface area contributed by atoms with E-state index in [9.17, 15) is 9.59 Å². The topological polar surface area (TPSA) is 98.4 Å². The highest BCUT2D eigenvalue weighted by Gasteiger charge is 2.27. The number of carbonyl (C=O) groups excluding carboxylic acids is 2. The summed E-state index contributed by atoms with van der Waals surface area (Å²) in [4.78, 5) is 36.3. The number of thiophene rings is 1. The van der Waals surface area contributed by atoms with E-state index in [2.05, 4.69) is 14.9 Å². The van der Waals surface area contributed by atoms with Gasteiger partial charge in [-0.25, -0.2) is 14.8 Å². The first-order valence-electron chi connectivity index (χ1n) is 8.88. The lowest BCUT2D eigenvalue weighted by Crippen LogP contribution is -2.37. The minimum absolute atomic E-state index is 0.232. The van der Waals surface area contributed by atoms with Gasteiger partial charge in [-0.3, -0.25) is 4.79 Å². The molecule has 0 radical (unpaired) electrons. The normalized spacial score (nSPS) is 17.5. The fraction of sp³-hybridized carbons (Fsp3) is 0.556. The number of aryl methyl sites for hydroxylation is 2. The quantitative estimate of drug-likeness (QED) is 0.805. The number of nitrogens with two attached hydrogens (primary N) is 1. The number of hydrogen-bond donors (Lipinski definition) is 1. The van der Waals surface area contributed by atoms with Crippen LogP contribution >= 0.6 is 11.3 Å². The van der Waals surface area contributed by atoms with E-state index in [4.69, 9.17) is 10.5 Å². The molecular weight excluding hydrogens is 352 g/mol. The molecule has 140 valence electrons. The number of aromatic nitrogens is 2. The molecule has 2 aromatic rings. The van der Waals surface area contributed by atoms with E-state index < -0.39 is 0 Å². The number of nitrogens with zero attached hydrogens (tertiary/aromatic N) is 3. The summed E-state index contributed by atoms with van der Waals surface area (Å²) in [5.74, 6) is 1.15. The molecule has 26 heavy (non-hydrogen) atoms. The number of ether oxygens (including phenoxy) is 1. The van der Waals surface area contributed by atoms with Crippen LogP contribution in [0.4, 0.5) is 5.82 Å². The van der Waals surface area contributed by atoms with Crippen molar-refractivity contribution in [2.45, 2.75) is 40.0 Å². The fourth-order valence-electron chi connectivity index (χ4n) is 3.55. The van der Waals surface area contributed by atoms with Gasteiger partial charge in [-0.15, -0.1) is 11.3 Å².